The molecule has 0 aromatic heterocycles. The van der Waals surface area contributed by atoms with Gasteiger partial charge in [0.2, 0.25) is 0 Å². The van der Waals surface area contributed by atoms with Crippen LogP contribution in [0.1, 0.15) is 32.6 Å². The molecular formula is C7H14N2. The first-order valence-corrected chi connectivity index (χ1v) is 3.43. The van der Waals surface area contributed by atoms with Gasteiger partial charge in [0.25, 0.3) is 0 Å². The van der Waals surface area contributed by atoms with Crippen LogP contribution < -0.4 is 5.73 Å². The Bertz CT molecular complexity index is 93.6. The van der Waals surface area contributed by atoms with Crippen LogP contribution in [0.5, 0.6) is 0 Å². The lowest BCUT2D eigenvalue weighted by Gasteiger charge is -2.03. The van der Waals surface area contributed by atoms with Gasteiger partial charge in [-0.3, -0.25) is 0 Å². The summed E-state index contributed by atoms with van der Waals surface area (Å²) in [6.07, 6.45) is 3.80. The van der Waals surface area contributed by atoms with Crippen molar-refractivity contribution in [2.24, 2.45) is 5.73 Å². The van der Waals surface area contributed by atoms with Crippen molar-refractivity contribution < 1.29 is 0 Å². The van der Waals surface area contributed by atoms with Crippen LogP contribution in [0, 0.1) is 11.3 Å². The Morgan fingerprint density at radius 1 is 1.67 bits per heavy atom. The molecule has 52 valence electrons. The standard InChI is InChI=1S/C7H14N2/c1-2-3-4-7(9)5-6-8/h7H,2-5,9H2,1H3/t7-/m1/s1. The van der Waals surface area contributed by atoms with Crippen LogP contribution in [0.25, 0.3) is 0 Å². The minimum absolute atomic E-state index is 0.106. The maximum absolute atomic E-state index is 8.21. The second-order valence-electron chi connectivity index (χ2n) is 2.26. The number of nitriles is 1. The van der Waals surface area contributed by atoms with Crippen LogP contribution >= 0.6 is 0 Å². The Morgan fingerprint density at radius 2 is 2.33 bits per heavy atom. The van der Waals surface area contributed by atoms with Crippen molar-refractivity contribution in [2.75, 3.05) is 0 Å². The van der Waals surface area contributed by atoms with E-state index in [2.05, 4.69) is 13.0 Å². The topological polar surface area (TPSA) is 49.8 Å². The Morgan fingerprint density at radius 3 is 2.78 bits per heavy atom. The molecule has 0 saturated carbocycles. The van der Waals surface area contributed by atoms with E-state index in [1.54, 1.807) is 0 Å². The molecule has 0 heterocycles. The van der Waals surface area contributed by atoms with Gasteiger partial charge in [0, 0.05) is 6.04 Å². The molecule has 0 fully saturated rings. The largest absolute Gasteiger partial charge is 0.327 e. The van der Waals surface area contributed by atoms with Crippen molar-refractivity contribution in [1.82, 2.24) is 0 Å². The molecule has 0 saturated heterocycles. The second kappa shape index (κ2) is 5.58. The zero-order chi connectivity index (χ0) is 7.11. The third-order valence-corrected chi connectivity index (χ3v) is 1.28. The smallest absolute Gasteiger partial charge is 0.0638 e. The van der Waals surface area contributed by atoms with E-state index in [4.69, 9.17) is 11.0 Å². The molecule has 0 aromatic rings. The maximum Gasteiger partial charge on any atom is 0.0638 e. The Balaban J connectivity index is 3.08. The zero-order valence-electron chi connectivity index (χ0n) is 5.93. The fourth-order valence-electron chi connectivity index (χ4n) is 0.686. The van der Waals surface area contributed by atoms with Crippen LogP contribution in [0.2, 0.25) is 0 Å². The molecule has 0 radical (unpaired) electrons. The molecule has 0 aliphatic heterocycles. The van der Waals surface area contributed by atoms with Crippen LogP contribution in [-0.4, -0.2) is 6.04 Å². The summed E-state index contributed by atoms with van der Waals surface area (Å²) in [5.74, 6) is 0. The first kappa shape index (κ1) is 8.45. The molecule has 2 heteroatoms. The summed E-state index contributed by atoms with van der Waals surface area (Å²) in [6, 6.07) is 2.16. The number of hydrogen-bond donors (Lipinski definition) is 1. The highest BCUT2D eigenvalue weighted by molar-refractivity contribution is 4.77. The summed E-state index contributed by atoms with van der Waals surface area (Å²) in [5.41, 5.74) is 5.55. The van der Waals surface area contributed by atoms with Gasteiger partial charge in [-0.25, -0.2) is 0 Å². The average molecular weight is 126 g/mol. The molecule has 0 unspecified atom stereocenters. The van der Waals surface area contributed by atoms with Crippen molar-refractivity contribution in [3.05, 3.63) is 0 Å². The monoisotopic (exact) mass is 126 g/mol. The third kappa shape index (κ3) is 5.32. The van der Waals surface area contributed by atoms with E-state index in [0.717, 1.165) is 12.8 Å². The number of nitrogens with two attached hydrogens (primary N) is 1. The Hall–Kier alpha value is -0.550. The normalized spacial score (nSPS) is 12.6. The van der Waals surface area contributed by atoms with E-state index >= 15 is 0 Å². The predicted octanol–water partition coefficient (Wildman–Crippen LogP) is 1.42. The molecule has 2 N–H and O–H groups in total. The number of hydrogen-bond acceptors (Lipinski definition) is 2. The van der Waals surface area contributed by atoms with Gasteiger partial charge in [0.1, 0.15) is 0 Å². The van der Waals surface area contributed by atoms with Crippen molar-refractivity contribution in [3.8, 4) is 6.07 Å². The highest BCUT2D eigenvalue weighted by atomic mass is 14.6. The summed E-state index contributed by atoms with van der Waals surface area (Å²) >= 11 is 0. The van der Waals surface area contributed by atoms with E-state index < -0.39 is 0 Å². The van der Waals surface area contributed by atoms with Gasteiger partial charge in [-0.05, 0) is 6.42 Å². The molecule has 0 spiro atoms. The summed E-state index contributed by atoms with van der Waals surface area (Å²) in [5, 5.41) is 8.21. The SMILES string of the molecule is CCCC[C@@H](N)CC#N. The summed E-state index contributed by atoms with van der Waals surface area (Å²) < 4.78 is 0. The quantitative estimate of drug-likeness (QED) is 0.619. The highest BCUT2D eigenvalue weighted by Crippen LogP contribution is 1.99. The molecule has 1 atom stereocenters. The fraction of sp³-hybridized carbons (Fsp3) is 0.857. The van der Waals surface area contributed by atoms with Crippen LogP contribution in [0.15, 0.2) is 0 Å². The number of nitrogens with zero attached hydrogens (tertiary/aromatic N) is 1. The van der Waals surface area contributed by atoms with Crippen molar-refractivity contribution >= 4 is 0 Å². The first-order chi connectivity index (χ1) is 4.31. The Labute approximate surface area is 56.7 Å². The Kier molecular flexibility index (Phi) is 5.24. The van der Waals surface area contributed by atoms with Gasteiger partial charge in [0.15, 0.2) is 0 Å². The molecule has 0 aliphatic rings. The molecule has 0 rings (SSSR count). The maximum atomic E-state index is 8.21. The van der Waals surface area contributed by atoms with Crippen molar-refractivity contribution in [2.45, 2.75) is 38.6 Å². The summed E-state index contributed by atoms with van der Waals surface area (Å²) in [6.45, 7) is 2.12. The van der Waals surface area contributed by atoms with E-state index in [-0.39, 0.29) is 6.04 Å². The second-order valence-corrected chi connectivity index (χ2v) is 2.26. The van der Waals surface area contributed by atoms with Gasteiger partial charge in [-0.2, -0.15) is 5.26 Å². The number of rotatable bonds is 4. The lowest BCUT2D eigenvalue weighted by atomic mass is 10.1. The van der Waals surface area contributed by atoms with E-state index in [1.165, 1.54) is 6.42 Å². The van der Waals surface area contributed by atoms with Gasteiger partial charge in [0.05, 0.1) is 12.5 Å². The van der Waals surface area contributed by atoms with Gasteiger partial charge in [-0.1, -0.05) is 19.8 Å². The minimum Gasteiger partial charge on any atom is -0.327 e. The molecular weight excluding hydrogens is 112 g/mol. The van der Waals surface area contributed by atoms with Crippen molar-refractivity contribution in [1.29, 1.82) is 5.26 Å². The van der Waals surface area contributed by atoms with E-state index in [9.17, 15) is 0 Å². The highest BCUT2D eigenvalue weighted by Gasteiger charge is 1.98. The zero-order valence-corrected chi connectivity index (χ0v) is 5.93. The molecule has 0 aliphatic carbocycles. The fourth-order valence-corrected chi connectivity index (χ4v) is 0.686. The summed E-state index contributed by atoms with van der Waals surface area (Å²) in [7, 11) is 0. The number of unbranched alkanes of at least 4 members (excludes halogenated alkanes) is 1. The van der Waals surface area contributed by atoms with Crippen molar-refractivity contribution in [3.63, 3.8) is 0 Å². The molecule has 9 heavy (non-hydrogen) atoms. The lowest BCUT2D eigenvalue weighted by molar-refractivity contribution is 0.586. The van der Waals surface area contributed by atoms with Crippen LogP contribution in [-0.2, 0) is 0 Å². The van der Waals surface area contributed by atoms with Crippen LogP contribution in [0.4, 0.5) is 0 Å². The summed E-state index contributed by atoms with van der Waals surface area (Å²) in [4.78, 5) is 0. The van der Waals surface area contributed by atoms with Gasteiger partial charge in [-0.15, -0.1) is 0 Å². The first-order valence-electron chi connectivity index (χ1n) is 3.43. The average Bonchev–Trinajstić information content (AvgIpc) is 1.85. The molecule has 2 nitrogen and oxygen atoms in total. The van der Waals surface area contributed by atoms with E-state index in [0.29, 0.717) is 6.42 Å². The predicted molar refractivity (Wildman–Crippen MR) is 37.7 cm³/mol. The van der Waals surface area contributed by atoms with Gasteiger partial charge < -0.3 is 5.73 Å². The van der Waals surface area contributed by atoms with E-state index in [1.807, 2.05) is 0 Å². The molecule has 0 aromatic carbocycles. The molecule has 0 bridgehead atoms. The third-order valence-electron chi connectivity index (χ3n) is 1.28. The molecule has 0 amide bonds. The lowest BCUT2D eigenvalue weighted by Crippen LogP contribution is -2.18. The van der Waals surface area contributed by atoms with Crippen LogP contribution in [0.3, 0.4) is 0 Å². The van der Waals surface area contributed by atoms with Gasteiger partial charge >= 0.3 is 0 Å². The minimum atomic E-state index is 0.106.